The molecule has 0 spiro atoms. The SMILES string of the molecule is CC1(CNCCc2ccccc2)CC=C(O)OC1. The largest absolute Gasteiger partial charge is 0.481 e. The standard InChI is InChI=1S/C15H21NO2/c1-15(9-7-14(17)18-12-15)11-16-10-8-13-5-3-2-4-6-13/h2-7,16-17H,8-12H2,1H3. The molecule has 0 amide bonds. The van der Waals surface area contributed by atoms with Gasteiger partial charge in [0.2, 0.25) is 0 Å². The summed E-state index contributed by atoms with van der Waals surface area (Å²) >= 11 is 0. The second-order valence-corrected chi connectivity index (χ2v) is 5.26. The number of aliphatic hydroxyl groups excluding tert-OH is 1. The molecule has 0 fully saturated rings. The lowest BCUT2D eigenvalue weighted by Crippen LogP contribution is -2.37. The highest BCUT2D eigenvalue weighted by Crippen LogP contribution is 2.27. The van der Waals surface area contributed by atoms with Gasteiger partial charge in [-0.3, -0.25) is 0 Å². The topological polar surface area (TPSA) is 41.5 Å². The molecule has 18 heavy (non-hydrogen) atoms. The molecule has 1 heterocycles. The molecule has 0 aliphatic carbocycles. The average Bonchev–Trinajstić information content (AvgIpc) is 2.40. The van der Waals surface area contributed by atoms with Crippen molar-refractivity contribution in [3.8, 4) is 0 Å². The highest BCUT2D eigenvalue weighted by atomic mass is 16.6. The fourth-order valence-corrected chi connectivity index (χ4v) is 2.09. The highest BCUT2D eigenvalue weighted by Gasteiger charge is 2.27. The van der Waals surface area contributed by atoms with E-state index in [1.807, 2.05) is 6.07 Å². The van der Waals surface area contributed by atoms with Gasteiger partial charge in [-0.15, -0.1) is 0 Å². The Hall–Kier alpha value is -1.48. The lowest BCUT2D eigenvalue weighted by atomic mass is 9.86. The number of benzene rings is 1. The van der Waals surface area contributed by atoms with E-state index in [1.165, 1.54) is 5.56 Å². The molecule has 0 radical (unpaired) electrons. The van der Waals surface area contributed by atoms with Gasteiger partial charge < -0.3 is 15.2 Å². The van der Waals surface area contributed by atoms with Gasteiger partial charge in [-0.25, -0.2) is 0 Å². The molecular formula is C15H21NO2. The zero-order chi connectivity index (χ0) is 12.8. The minimum absolute atomic E-state index is 0.0664. The van der Waals surface area contributed by atoms with E-state index in [0.717, 1.165) is 25.9 Å². The Bertz CT molecular complexity index is 402. The van der Waals surface area contributed by atoms with E-state index < -0.39 is 0 Å². The van der Waals surface area contributed by atoms with Gasteiger partial charge in [0, 0.05) is 12.0 Å². The van der Waals surface area contributed by atoms with Crippen LogP contribution < -0.4 is 5.32 Å². The Morgan fingerprint density at radius 3 is 2.78 bits per heavy atom. The van der Waals surface area contributed by atoms with Crippen molar-refractivity contribution in [1.82, 2.24) is 5.32 Å². The predicted molar refractivity (Wildman–Crippen MR) is 72.4 cm³/mol. The molecule has 1 atom stereocenters. The van der Waals surface area contributed by atoms with Gasteiger partial charge in [0.05, 0.1) is 6.61 Å². The summed E-state index contributed by atoms with van der Waals surface area (Å²) < 4.78 is 5.19. The van der Waals surface area contributed by atoms with Gasteiger partial charge in [-0.2, -0.15) is 0 Å². The molecule has 0 saturated carbocycles. The summed E-state index contributed by atoms with van der Waals surface area (Å²) in [5, 5.41) is 12.6. The number of rotatable bonds is 5. The first-order valence-electron chi connectivity index (χ1n) is 6.45. The third-order valence-electron chi connectivity index (χ3n) is 3.32. The minimum atomic E-state index is 0.0664. The van der Waals surface area contributed by atoms with Gasteiger partial charge in [0.25, 0.3) is 5.95 Å². The quantitative estimate of drug-likeness (QED) is 0.786. The number of hydrogen-bond acceptors (Lipinski definition) is 3. The lowest BCUT2D eigenvalue weighted by molar-refractivity contribution is 0.0157. The zero-order valence-corrected chi connectivity index (χ0v) is 10.9. The lowest BCUT2D eigenvalue weighted by Gasteiger charge is -2.31. The number of allylic oxidation sites excluding steroid dienone is 1. The van der Waals surface area contributed by atoms with Crippen LogP contribution in [-0.2, 0) is 11.2 Å². The molecule has 1 aliphatic rings. The molecule has 1 aromatic carbocycles. The van der Waals surface area contributed by atoms with Gasteiger partial charge in [0.1, 0.15) is 0 Å². The van der Waals surface area contributed by atoms with Crippen LogP contribution in [0, 0.1) is 5.41 Å². The summed E-state index contributed by atoms with van der Waals surface area (Å²) in [6, 6.07) is 10.5. The summed E-state index contributed by atoms with van der Waals surface area (Å²) in [6.45, 7) is 4.62. The molecule has 0 saturated heterocycles. The van der Waals surface area contributed by atoms with Crippen LogP contribution in [0.2, 0.25) is 0 Å². The van der Waals surface area contributed by atoms with E-state index in [4.69, 9.17) is 4.74 Å². The van der Waals surface area contributed by atoms with Crippen LogP contribution in [0.3, 0.4) is 0 Å². The maximum atomic E-state index is 9.18. The van der Waals surface area contributed by atoms with E-state index >= 15 is 0 Å². The van der Waals surface area contributed by atoms with Gasteiger partial charge >= 0.3 is 0 Å². The van der Waals surface area contributed by atoms with E-state index in [-0.39, 0.29) is 11.4 Å². The Kier molecular flexibility index (Phi) is 4.26. The van der Waals surface area contributed by atoms with E-state index in [2.05, 4.69) is 36.5 Å². The summed E-state index contributed by atoms with van der Waals surface area (Å²) in [6.07, 6.45) is 3.65. The fourth-order valence-electron chi connectivity index (χ4n) is 2.09. The second-order valence-electron chi connectivity index (χ2n) is 5.26. The fraction of sp³-hybridized carbons (Fsp3) is 0.467. The molecule has 3 nitrogen and oxygen atoms in total. The van der Waals surface area contributed by atoms with Crippen LogP contribution in [-0.4, -0.2) is 24.8 Å². The van der Waals surface area contributed by atoms with Gasteiger partial charge in [0.15, 0.2) is 0 Å². The molecule has 0 aromatic heterocycles. The molecule has 98 valence electrons. The van der Waals surface area contributed by atoms with Crippen LogP contribution in [0.5, 0.6) is 0 Å². The van der Waals surface area contributed by atoms with Crippen molar-refractivity contribution in [2.24, 2.45) is 5.41 Å². The Balaban J connectivity index is 1.69. The van der Waals surface area contributed by atoms with Crippen LogP contribution in [0.4, 0.5) is 0 Å². The number of ether oxygens (including phenoxy) is 1. The average molecular weight is 247 g/mol. The first-order chi connectivity index (χ1) is 8.68. The van der Waals surface area contributed by atoms with Crippen LogP contribution in [0.1, 0.15) is 18.9 Å². The molecule has 1 aromatic rings. The van der Waals surface area contributed by atoms with Crippen LogP contribution in [0.25, 0.3) is 0 Å². The van der Waals surface area contributed by atoms with Crippen LogP contribution >= 0.6 is 0 Å². The highest BCUT2D eigenvalue weighted by molar-refractivity contribution is 5.14. The molecule has 1 aliphatic heterocycles. The van der Waals surface area contributed by atoms with E-state index in [1.54, 1.807) is 6.08 Å². The molecule has 0 bridgehead atoms. The smallest absolute Gasteiger partial charge is 0.272 e. The number of hydrogen-bond donors (Lipinski definition) is 2. The van der Waals surface area contributed by atoms with Crippen molar-refractivity contribution in [2.75, 3.05) is 19.7 Å². The minimum Gasteiger partial charge on any atom is -0.481 e. The first-order valence-corrected chi connectivity index (χ1v) is 6.45. The summed E-state index contributed by atoms with van der Waals surface area (Å²) in [4.78, 5) is 0. The van der Waals surface area contributed by atoms with E-state index in [9.17, 15) is 5.11 Å². The Morgan fingerprint density at radius 1 is 1.33 bits per heavy atom. The summed E-state index contributed by atoms with van der Waals surface area (Å²) in [5.74, 6) is 0.0664. The monoisotopic (exact) mass is 247 g/mol. The van der Waals surface area contributed by atoms with Crippen molar-refractivity contribution >= 4 is 0 Å². The van der Waals surface area contributed by atoms with Crippen molar-refractivity contribution in [1.29, 1.82) is 0 Å². The van der Waals surface area contributed by atoms with Crippen LogP contribution in [0.15, 0.2) is 42.4 Å². The van der Waals surface area contributed by atoms with Gasteiger partial charge in [-0.1, -0.05) is 37.3 Å². The maximum Gasteiger partial charge on any atom is 0.272 e. The Labute approximate surface area is 108 Å². The molecule has 2 N–H and O–H groups in total. The normalized spacial score (nSPS) is 23.3. The Morgan fingerprint density at radius 2 is 2.11 bits per heavy atom. The van der Waals surface area contributed by atoms with Crippen molar-refractivity contribution in [2.45, 2.75) is 19.8 Å². The van der Waals surface area contributed by atoms with Gasteiger partial charge in [-0.05, 0) is 31.0 Å². The predicted octanol–water partition coefficient (Wildman–Crippen LogP) is 2.64. The number of aliphatic hydroxyl groups is 1. The van der Waals surface area contributed by atoms with E-state index in [0.29, 0.717) is 6.61 Å². The molecule has 2 rings (SSSR count). The van der Waals surface area contributed by atoms with Crippen molar-refractivity contribution in [3.05, 3.63) is 47.9 Å². The first kappa shape index (κ1) is 13.0. The van der Waals surface area contributed by atoms with Crippen molar-refractivity contribution < 1.29 is 9.84 Å². The zero-order valence-electron chi connectivity index (χ0n) is 10.9. The summed E-state index contributed by atoms with van der Waals surface area (Å²) in [7, 11) is 0. The maximum absolute atomic E-state index is 9.18. The number of nitrogens with one attached hydrogen (secondary N) is 1. The molecule has 3 heteroatoms. The summed E-state index contributed by atoms with van der Waals surface area (Å²) in [5.41, 5.74) is 1.44. The third-order valence-corrected chi connectivity index (χ3v) is 3.32. The third kappa shape index (κ3) is 3.77. The molecule has 1 unspecified atom stereocenters. The molecular weight excluding hydrogens is 226 g/mol. The van der Waals surface area contributed by atoms with Crippen molar-refractivity contribution in [3.63, 3.8) is 0 Å². The second kappa shape index (κ2) is 5.91.